The van der Waals surface area contributed by atoms with E-state index in [9.17, 15) is 8.42 Å². The lowest BCUT2D eigenvalue weighted by Crippen LogP contribution is -2.30. The van der Waals surface area contributed by atoms with E-state index >= 15 is 0 Å². The molecule has 0 bridgehead atoms. The molecule has 1 aliphatic rings. The molecule has 6 heteroatoms. The summed E-state index contributed by atoms with van der Waals surface area (Å²) in [6, 6.07) is 3.26. The quantitative estimate of drug-likeness (QED) is 0.901. The van der Waals surface area contributed by atoms with Gasteiger partial charge in [0.2, 0.25) is 0 Å². The Morgan fingerprint density at radius 3 is 2.68 bits per heavy atom. The van der Waals surface area contributed by atoms with Gasteiger partial charge in [0.25, 0.3) is 10.0 Å². The Morgan fingerprint density at radius 2 is 2.21 bits per heavy atom. The molecule has 5 nitrogen and oxygen atoms in total. The van der Waals surface area contributed by atoms with Crippen molar-refractivity contribution in [1.82, 2.24) is 9.29 Å². The van der Waals surface area contributed by atoms with Crippen LogP contribution in [0, 0.1) is 11.8 Å². The highest BCUT2D eigenvalue weighted by Crippen LogP contribution is 2.27. The Kier molecular flexibility index (Phi) is 4.23. The first-order chi connectivity index (χ1) is 8.95. The van der Waals surface area contributed by atoms with E-state index in [-0.39, 0.29) is 5.03 Å². The number of pyridine rings is 1. The highest BCUT2D eigenvalue weighted by Gasteiger charge is 2.34. The largest absolute Gasteiger partial charge is 0.326 e. The highest BCUT2D eigenvalue weighted by molar-refractivity contribution is 7.89. The van der Waals surface area contributed by atoms with Gasteiger partial charge in [0, 0.05) is 25.8 Å². The van der Waals surface area contributed by atoms with Crippen LogP contribution in [0.1, 0.15) is 25.8 Å². The van der Waals surface area contributed by atoms with Gasteiger partial charge < -0.3 is 5.73 Å². The number of nitrogens with zero attached hydrogens (tertiary/aromatic N) is 2. The summed E-state index contributed by atoms with van der Waals surface area (Å²) >= 11 is 0. The molecule has 0 radical (unpaired) electrons. The van der Waals surface area contributed by atoms with Gasteiger partial charge in [-0.2, -0.15) is 4.31 Å². The van der Waals surface area contributed by atoms with Crippen molar-refractivity contribution in [3.05, 3.63) is 23.9 Å². The van der Waals surface area contributed by atoms with Crippen molar-refractivity contribution < 1.29 is 8.42 Å². The van der Waals surface area contributed by atoms with E-state index in [1.54, 1.807) is 16.4 Å². The normalized spacial score (nSPS) is 21.2. The molecule has 0 aliphatic carbocycles. The van der Waals surface area contributed by atoms with Crippen LogP contribution in [-0.4, -0.2) is 30.8 Å². The van der Waals surface area contributed by atoms with Crippen molar-refractivity contribution in [2.24, 2.45) is 17.6 Å². The van der Waals surface area contributed by atoms with Crippen LogP contribution in [0.15, 0.2) is 23.4 Å². The molecule has 0 amide bonds. The van der Waals surface area contributed by atoms with Crippen LogP contribution in [-0.2, 0) is 16.6 Å². The van der Waals surface area contributed by atoms with Crippen molar-refractivity contribution in [3.63, 3.8) is 0 Å². The van der Waals surface area contributed by atoms with Gasteiger partial charge in [-0.15, -0.1) is 0 Å². The maximum Gasteiger partial charge on any atom is 0.260 e. The van der Waals surface area contributed by atoms with Gasteiger partial charge in [0.1, 0.15) is 0 Å². The van der Waals surface area contributed by atoms with Gasteiger partial charge in [-0.25, -0.2) is 13.4 Å². The zero-order valence-corrected chi connectivity index (χ0v) is 12.2. The van der Waals surface area contributed by atoms with Gasteiger partial charge in [0.05, 0.1) is 0 Å². The third kappa shape index (κ3) is 2.96. The van der Waals surface area contributed by atoms with Gasteiger partial charge >= 0.3 is 0 Å². The first kappa shape index (κ1) is 14.4. The van der Waals surface area contributed by atoms with E-state index in [1.165, 1.54) is 6.20 Å². The second-order valence-electron chi connectivity index (χ2n) is 5.36. The fraction of sp³-hybridized carbons (Fsp3) is 0.615. The average molecular weight is 283 g/mol. The molecule has 0 spiro atoms. The first-order valence-corrected chi connectivity index (χ1v) is 8.04. The zero-order chi connectivity index (χ0) is 14.0. The van der Waals surface area contributed by atoms with Crippen molar-refractivity contribution in [3.8, 4) is 0 Å². The molecule has 1 atom stereocenters. The standard InChI is InChI=1S/C13H21N3O2S/c1-10(2)12-5-6-16(9-12)19(17,18)13-4-3-11(7-14)8-15-13/h3-4,8,10,12H,5-7,9,14H2,1-2H3. The highest BCUT2D eigenvalue weighted by atomic mass is 32.2. The molecule has 0 saturated carbocycles. The minimum atomic E-state index is -3.45. The summed E-state index contributed by atoms with van der Waals surface area (Å²) in [7, 11) is -3.45. The lowest BCUT2D eigenvalue weighted by molar-refractivity contribution is 0.388. The smallest absolute Gasteiger partial charge is 0.260 e. The molecule has 1 fully saturated rings. The van der Waals surface area contributed by atoms with E-state index in [1.807, 2.05) is 0 Å². The molecule has 0 aromatic carbocycles. The van der Waals surface area contributed by atoms with Crippen LogP contribution in [0.3, 0.4) is 0 Å². The molecule has 2 heterocycles. The van der Waals surface area contributed by atoms with Crippen LogP contribution in [0.5, 0.6) is 0 Å². The number of hydrogen-bond acceptors (Lipinski definition) is 4. The summed E-state index contributed by atoms with van der Waals surface area (Å²) in [4.78, 5) is 4.03. The van der Waals surface area contributed by atoms with Gasteiger partial charge in [0.15, 0.2) is 5.03 Å². The van der Waals surface area contributed by atoms with E-state index in [0.29, 0.717) is 31.5 Å². The minimum Gasteiger partial charge on any atom is -0.326 e. The van der Waals surface area contributed by atoms with Gasteiger partial charge in [-0.1, -0.05) is 19.9 Å². The Bertz CT molecular complexity index is 525. The van der Waals surface area contributed by atoms with Gasteiger partial charge in [-0.05, 0) is 29.9 Å². The predicted molar refractivity (Wildman–Crippen MR) is 73.8 cm³/mol. The molecular weight excluding hydrogens is 262 g/mol. The molecule has 19 heavy (non-hydrogen) atoms. The monoisotopic (exact) mass is 283 g/mol. The average Bonchev–Trinajstić information content (AvgIpc) is 2.89. The van der Waals surface area contributed by atoms with Crippen LogP contribution >= 0.6 is 0 Å². The Balaban J connectivity index is 2.18. The molecule has 1 aromatic rings. The van der Waals surface area contributed by atoms with Crippen LogP contribution in [0.2, 0.25) is 0 Å². The maximum absolute atomic E-state index is 12.4. The third-order valence-corrected chi connectivity index (χ3v) is 5.55. The molecule has 2 rings (SSSR count). The molecule has 1 saturated heterocycles. The Morgan fingerprint density at radius 1 is 1.47 bits per heavy atom. The molecular formula is C13H21N3O2S. The van der Waals surface area contributed by atoms with Crippen molar-refractivity contribution in [2.75, 3.05) is 13.1 Å². The number of sulfonamides is 1. The summed E-state index contributed by atoms with van der Waals surface area (Å²) in [5.74, 6) is 0.950. The van der Waals surface area contributed by atoms with E-state index < -0.39 is 10.0 Å². The number of aromatic nitrogens is 1. The van der Waals surface area contributed by atoms with Crippen LogP contribution in [0.25, 0.3) is 0 Å². The maximum atomic E-state index is 12.4. The summed E-state index contributed by atoms with van der Waals surface area (Å²) in [6.07, 6.45) is 2.46. The third-order valence-electron chi connectivity index (χ3n) is 3.77. The second kappa shape index (κ2) is 5.56. The summed E-state index contributed by atoms with van der Waals surface area (Å²) in [5, 5.41) is 0.120. The molecule has 106 valence electrons. The Hall–Kier alpha value is -0.980. The van der Waals surface area contributed by atoms with E-state index in [4.69, 9.17) is 5.73 Å². The van der Waals surface area contributed by atoms with Gasteiger partial charge in [-0.3, -0.25) is 0 Å². The van der Waals surface area contributed by atoms with E-state index in [0.717, 1.165) is 12.0 Å². The number of nitrogens with two attached hydrogens (primary N) is 1. The number of hydrogen-bond donors (Lipinski definition) is 1. The summed E-state index contributed by atoms with van der Waals surface area (Å²) in [6.45, 7) is 5.82. The first-order valence-electron chi connectivity index (χ1n) is 6.60. The van der Waals surface area contributed by atoms with Crippen molar-refractivity contribution in [1.29, 1.82) is 0 Å². The fourth-order valence-corrected chi connectivity index (χ4v) is 3.76. The lowest BCUT2D eigenvalue weighted by atomic mass is 9.96. The molecule has 2 N–H and O–H groups in total. The van der Waals surface area contributed by atoms with Crippen molar-refractivity contribution >= 4 is 10.0 Å². The topological polar surface area (TPSA) is 76.3 Å². The van der Waals surface area contributed by atoms with E-state index in [2.05, 4.69) is 18.8 Å². The predicted octanol–water partition coefficient (Wildman–Crippen LogP) is 1.21. The van der Waals surface area contributed by atoms with Crippen LogP contribution in [0.4, 0.5) is 0 Å². The summed E-state index contributed by atoms with van der Waals surface area (Å²) in [5.41, 5.74) is 6.32. The van der Waals surface area contributed by atoms with Crippen molar-refractivity contribution in [2.45, 2.75) is 31.8 Å². The van der Waals surface area contributed by atoms with Crippen LogP contribution < -0.4 is 5.73 Å². The minimum absolute atomic E-state index is 0.120. The summed E-state index contributed by atoms with van der Waals surface area (Å²) < 4.78 is 26.4. The fourth-order valence-electron chi connectivity index (χ4n) is 2.33. The number of rotatable bonds is 4. The molecule has 1 aromatic heterocycles. The Labute approximate surface area is 114 Å². The zero-order valence-electron chi connectivity index (χ0n) is 11.4. The molecule has 1 unspecified atom stereocenters. The second-order valence-corrected chi connectivity index (χ2v) is 7.25. The lowest BCUT2D eigenvalue weighted by Gasteiger charge is -2.17. The SMILES string of the molecule is CC(C)C1CCN(S(=O)(=O)c2ccc(CN)cn2)C1. The molecule has 1 aliphatic heterocycles.